The number of ether oxygens (including phenoxy) is 1. The summed E-state index contributed by atoms with van der Waals surface area (Å²) in [5.41, 5.74) is 5.25. The number of rotatable bonds is 4. The van der Waals surface area contributed by atoms with E-state index in [-0.39, 0.29) is 34.0 Å². The van der Waals surface area contributed by atoms with E-state index in [4.69, 9.17) is 18.7 Å². The van der Waals surface area contributed by atoms with Crippen LogP contribution in [-0.2, 0) is 22.8 Å². The number of carbonyl (C=O) groups is 1. The molecule has 172 valence electrons. The summed E-state index contributed by atoms with van der Waals surface area (Å²) in [6.45, 7) is -8.28. The standard InChI is InChI=1S/C24H24FN3O4S/c1-3-18-19(6-8-21(23(18)25)33(2,30)31)24(29)28-10-11-32-20-7-4-15(12-17(20)14-28)16-5-9-22(26)27-13-16/h4-9,12-13H,3,10-11,14H2,1-2H3,(H2,26,27)/i10D2,11D2,14D2. The molecule has 2 N–H and O–H groups in total. The van der Waals surface area contributed by atoms with Crippen LogP contribution in [0.5, 0.6) is 5.75 Å². The van der Waals surface area contributed by atoms with E-state index in [1.54, 1.807) is 6.07 Å². The van der Waals surface area contributed by atoms with Crippen LogP contribution in [-0.4, -0.2) is 43.5 Å². The summed E-state index contributed by atoms with van der Waals surface area (Å²) in [5, 5.41) is 0. The maximum atomic E-state index is 15.2. The zero-order chi connectivity index (χ0) is 29.1. The Labute approximate surface area is 200 Å². The summed E-state index contributed by atoms with van der Waals surface area (Å²) in [5.74, 6) is -2.74. The van der Waals surface area contributed by atoms with Crippen LogP contribution in [0, 0.1) is 5.82 Å². The van der Waals surface area contributed by atoms with Crippen molar-refractivity contribution in [1.29, 1.82) is 0 Å². The summed E-state index contributed by atoms with van der Waals surface area (Å²) >= 11 is 0. The topological polar surface area (TPSA) is 103 Å². The quantitative estimate of drug-likeness (QED) is 0.620. The van der Waals surface area contributed by atoms with E-state index in [2.05, 4.69) is 4.98 Å². The summed E-state index contributed by atoms with van der Waals surface area (Å²) in [6, 6.07) is 8.93. The van der Waals surface area contributed by atoms with E-state index in [0.717, 1.165) is 18.4 Å². The number of pyridine rings is 1. The molecule has 0 fully saturated rings. The number of nitrogens with zero attached hydrogens (tertiary/aromatic N) is 2. The minimum absolute atomic E-state index is 0.0326. The van der Waals surface area contributed by atoms with E-state index in [1.165, 1.54) is 37.4 Å². The van der Waals surface area contributed by atoms with Crippen molar-refractivity contribution in [3.8, 4) is 16.9 Å². The van der Waals surface area contributed by atoms with Gasteiger partial charge in [-0.25, -0.2) is 17.8 Å². The molecule has 0 spiro atoms. The summed E-state index contributed by atoms with van der Waals surface area (Å²) in [6.07, 6.45) is 2.02. The first-order chi connectivity index (χ1) is 17.9. The van der Waals surface area contributed by atoms with Crippen molar-refractivity contribution in [2.75, 3.05) is 25.0 Å². The van der Waals surface area contributed by atoms with E-state index < -0.39 is 51.6 Å². The number of fused-ring (bicyclic) bond motifs is 1. The highest BCUT2D eigenvalue weighted by Gasteiger charge is 2.27. The second-order valence-electron chi connectivity index (χ2n) is 7.28. The predicted molar refractivity (Wildman–Crippen MR) is 123 cm³/mol. The lowest BCUT2D eigenvalue weighted by Crippen LogP contribution is -2.33. The lowest BCUT2D eigenvalue weighted by Gasteiger charge is -2.22. The molecule has 2 aromatic carbocycles. The number of aromatic nitrogens is 1. The van der Waals surface area contributed by atoms with Crippen LogP contribution in [0.25, 0.3) is 11.1 Å². The average Bonchev–Trinajstić information content (AvgIpc) is 2.87. The van der Waals surface area contributed by atoms with Crippen LogP contribution in [0.4, 0.5) is 10.2 Å². The molecule has 0 saturated heterocycles. The number of hydrogen-bond acceptors (Lipinski definition) is 6. The van der Waals surface area contributed by atoms with Gasteiger partial charge in [0.1, 0.15) is 28.8 Å². The third-order valence-electron chi connectivity index (χ3n) is 5.04. The van der Waals surface area contributed by atoms with Crippen molar-refractivity contribution in [2.45, 2.75) is 24.7 Å². The van der Waals surface area contributed by atoms with Crippen molar-refractivity contribution >= 4 is 21.6 Å². The second-order valence-corrected chi connectivity index (χ2v) is 9.26. The number of carbonyl (C=O) groups excluding carboxylic acids is 1. The molecule has 0 aliphatic carbocycles. The van der Waals surface area contributed by atoms with Gasteiger partial charge < -0.3 is 15.4 Å². The minimum atomic E-state index is -4.02. The zero-order valence-corrected chi connectivity index (χ0v) is 18.5. The summed E-state index contributed by atoms with van der Waals surface area (Å²) in [7, 11) is -4.02. The predicted octanol–water partition coefficient (Wildman–Crippen LogP) is 3.47. The number of hydrogen-bond donors (Lipinski definition) is 1. The van der Waals surface area contributed by atoms with Gasteiger partial charge in [0.25, 0.3) is 5.91 Å². The van der Waals surface area contributed by atoms with E-state index in [1.807, 2.05) is 0 Å². The molecular weight excluding hydrogens is 445 g/mol. The molecule has 1 amide bonds. The molecule has 0 bridgehead atoms. The van der Waals surface area contributed by atoms with Gasteiger partial charge in [-0.05, 0) is 48.4 Å². The maximum absolute atomic E-state index is 15.2. The van der Waals surface area contributed by atoms with E-state index in [0.29, 0.717) is 11.1 Å². The lowest BCUT2D eigenvalue weighted by atomic mass is 10.0. The number of nitrogen functional groups attached to an aromatic ring is 1. The van der Waals surface area contributed by atoms with Crippen molar-refractivity contribution in [3.63, 3.8) is 0 Å². The molecule has 4 rings (SSSR count). The van der Waals surface area contributed by atoms with Crippen LogP contribution >= 0.6 is 0 Å². The number of nitrogens with two attached hydrogens (primary N) is 1. The highest BCUT2D eigenvalue weighted by molar-refractivity contribution is 7.90. The molecule has 33 heavy (non-hydrogen) atoms. The molecule has 0 saturated carbocycles. The number of amides is 1. The van der Waals surface area contributed by atoms with Crippen molar-refractivity contribution < 1.29 is 30.6 Å². The molecule has 7 nitrogen and oxygen atoms in total. The molecule has 2 heterocycles. The Balaban J connectivity index is 1.95. The largest absolute Gasteiger partial charge is 0.491 e. The van der Waals surface area contributed by atoms with E-state index in [9.17, 15) is 13.2 Å². The third-order valence-corrected chi connectivity index (χ3v) is 6.16. The van der Waals surface area contributed by atoms with Gasteiger partial charge in [-0.1, -0.05) is 13.0 Å². The van der Waals surface area contributed by atoms with Gasteiger partial charge in [-0.3, -0.25) is 4.79 Å². The van der Waals surface area contributed by atoms with Gasteiger partial charge in [0.2, 0.25) is 0 Å². The fourth-order valence-electron chi connectivity index (χ4n) is 3.39. The number of anilines is 1. The van der Waals surface area contributed by atoms with Gasteiger partial charge >= 0.3 is 0 Å². The van der Waals surface area contributed by atoms with Crippen LogP contribution < -0.4 is 10.5 Å². The van der Waals surface area contributed by atoms with Gasteiger partial charge in [-0.2, -0.15) is 0 Å². The van der Waals surface area contributed by atoms with Crippen molar-refractivity contribution in [2.24, 2.45) is 0 Å². The van der Waals surface area contributed by atoms with Gasteiger partial charge in [0.05, 0.1) is 14.7 Å². The first-order valence-electron chi connectivity index (χ1n) is 12.8. The molecule has 9 heteroatoms. The fraction of sp³-hybridized carbons (Fsp3) is 0.250. The Kier molecular flexibility index (Phi) is 4.33. The van der Waals surface area contributed by atoms with Crippen LogP contribution in [0.1, 0.15) is 36.6 Å². The monoisotopic (exact) mass is 475 g/mol. The number of sulfone groups is 1. The molecule has 0 atom stereocenters. The van der Waals surface area contributed by atoms with E-state index >= 15 is 4.39 Å². The maximum Gasteiger partial charge on any atom is 0.254 e. The lowest BCUT2D eigenvalue weighted by molar-refractivity contribution is 0.0731. The molecule has 1 aliphatic rings. The van der Waals surface area contributed by atoms with Crippen molar-refractivity contribution in [3.05, 3.63) is 71.2 Å². The van der Waals surface area contributed by atoms with Crippen molar-refractivity contribution in [1.82, 2.24) is 9.88 Å². The highest BCUT2D eigenvalue weighted by Crippen LogP contribution is 2.31. The molecule has 1 aromatic heterocycles. The molecule has 0 radical (unpaired) electrons. The second kappa shape index (κ2) is 8.82. The number of halogens is 1. The summed E-state index contributed by atoms with van der Waals surface area (Å²) in [4.78, 5) is 17.2. The van der Waals surface area contributed by atoms with Crippen LogP contribution in [0.15, 0.2) is 53.6 Å². The Bertz CT molecular complexity index is 1580. The molecule has 1 aliphatic heterocycles. The van der Waals surface area contributed by atoms with Gasteiger partial charge in [-0.15, -0.1) is 0 Å². The Hall–Kier alpha value is -3.46. The molecule has 3 aromatic rings. The Morgan fingerprint density at radius 1 is 1.24 bits per heavy atom. The van der Waals surface area contributed by atoms with Gasteiger partial charge in [0.15, 0.2) is 9.84 Å². The zero-order valence-electron chi connectivity index (χ0n) is 23.7. The first-order valence-corrected chi connectivity index (χ1v) is 11.7. The van der Waals surface area contributed by atoms with Crippen LogP contribution in [0.2, 0.25) is 0 Å². The summed E-state index contributed by atoms with van der Waals surface area (Å²) < 4.78 is 96.0. The fourth-order valence-corrected chi connectivity index (χ4v) is 4.15. The number of benzene rings is 2. The smallest absolute Gasteiger partial charge is 0.254 e. The third kappa shape index (κ3) is 4.54. The van der Waals surface area contributed by atoms with Crippen LogP contribution in [0.3, 0.4) is 0 Å². The first kappa shape index (κ1) is 16.2. The Morgan fingerprint density at radius 3 is 2.67 bits per heavy atom. The highest BCUT2D eigenvalue weighted by atomic mass is 32.2. The molecular formula is C24H24FN3O4S. The average molecular weight is 476 g/mol. The molecule has 0 unspecified atom stereocenters. The minimum Gasteiger partial charge on any atom is -0.491 e. The SMILES string of the molecule is [2H]C1([2H])c2cc(-c3ccc(N)nc3)ccc2OC([2H])([2H])C([2H])([2H])N1C(=O)c1ccc(S(C)(=O)=O)c(F)c1CC. The van der Waals surface area contributed by atoms with Gasteiger partial charge in [0, 0.05) is 41.2 Å². The normalized spacial score (nSPS) is 21.0. The Morgan fingerprint density at radius 2 is 2.00 bits per heavy atom.